The summed E-state index contributed by atoms with van der Waals surface area (Å²) in [5.41, 5.74) is 3.90. The van der Waals surface area contributed by atoms with E-state index in [1.807, 2.05) is 11.6 Å². The zero-order valence-electron chi connectivity index (χ0n) is 13.5. The Hall–Kier alpha value is -2.47. The van der Waals surface area contributed by atoms with Crippen molar-refractivity contribution in [2.24, 2.45) is 0 Å². The van der Waals surface area contributed by atoms with Crippen LogP contribution >= 0.6 is 11.3 Å². The van der Waals surface area contributed by atoms with E-state index in [-0.39, 0.29) is 11.7 Å². The van der Waals surface area contributed by atoms with Gasteiger partial charge in [-0.15, -0.1) is 11.3 Å². The maximum Gasteiger partial charge on any atom is 0.221 e. The molecular weight excluding hydrogens is 324 g/mol. The van der Waals surface area contributed by atoms with Gasteiger partial charge in [0.2, 0.25) is 5.91 Å². The predicted octanol–water partition coefficient (Wildman–Crippen LogP) is 3.88. The van der Waals surface area contributed by atoms with Crippen LogP contribution in [0.5, 0.6) is 5.75 Å². The molecule has 6 heteroatoms. The van der Waals surface area contributed by atoms with Crippen molar-refractivity contribution in [3.05, 3.63) is 45.9 Å². The van der Waals surface area contributed by atoms with Gasteiger partial charge in [-0.2, -0.15) is 0 Å². The Labute approximate surface area is 144 Å². The smallest absolute Gasteiger partial charge is 0.221 e. The molecule has 1 heterocycles. The summed E-state index contributed by atoms with van der Waals surface area (Å²) in [7, 11) is 1.52. The third-order valence-electron chi connectivity index (χ3n) is 3.77. The minimum atomic E-state index is -0.216. The highest BCUT2D eigenvalue weighted by molar-refractivity contribution is 7.10. The number of thiazole rings is 1. The molecule has 0 radical (unpaired) electrons. The van der Waals surface area contributed by atoms with Crippen LogP contribution in [0.1, 0.15) is 46.6 Å². The van der Waals surface area contributed by atoms with Gasteiger partial charge < -0.3 is 10.1 Å². The number of rotatable bonds is 6. The molecule has 0 bridgehead atoms. The number of carbonyl (C=O) groups excluding carboxylic acids is 2. The van der Waals surface area contributed by atoms with E-state index < -0.39 is 0 Å². The summed E-state index contributed by atoms with van der Waals surface area (Å²) < 4.78 is 5.20. The quantitative estimate of drug-likeness (QED) is 0.639. The van der Waals surface area contributed by atoms with Crippen molar-refractivity contribution in [2.45, 2.75) is 25.7 Å². The van der Waals surface area contributed by atoms with Crippen LogP contribution in [-0.2, 0) is 4.79 Å². The molecular formula is C18H18N2O3S. The Kier molecular flexibility index (Phi) is 4.76. The van der Waals surface area contributed by atoms with E-state index in [1.165, 1.54) is 26.9 Å². The Morgan fingerprint density at radius 1 is 1.38 bits per heavy atom. The number of methoxy groups -OCH3 is 1. The van der Waals surface area contributed by atoms with Crippen molar-refractivity contribution in [2.75, 3.05) is 12.4 Å². The number of hydrogen-bond acceptors (Lipinski definition) is 5. The summed E-state index contributed by atoms with van der Waals surface area (Å²) in [4.78, 5) is 29.1. The summed E-state index contributed by atoms with van der Waals surface area (Å²) in [5.74, 6) is 0.731. The van der Waals surface area contributed by atoms with Gasteiger partial charge in [0.05, 0.1) is 28.9 Å². The summed E-state index contributed by atoms with van der Waals surface area (Å²) in [6, 6.07) is 4.99. The molecule has 5 nitrogen and oxygen atoms in total. The van der Waals surface area contributed by atoms with E-state index in [1.54, 1.807) is 35.6 Å². The van der Waals surface area contributed by atoms with Gasteiger partial charge in [0.25, 0.3) is 0 Å². The molecule has 1 fully saturated rings. The second kappa shape index (κ2) is 6.97. The van der Waals surface area contributed by atoms with E-state index >= 15 is 0 Å². The first kappa shape index (κ1) is 16.4. The predicted molar refractivity (Wildman–Crippen MR) is 94.8 cm³/mol. The highest BCUT2D eigenvalue weighted by Gasteiger charge is 2.27. The fraction of sp³-hybridized carbons (Fsp3) is 0.278. The number of benzene rings is 1. The second-order valence-corrected chi connectivity index (χ2v) is 6.56. The van der Waals surface area contributed by atoms with E-state index in [0.29, 0.717) is 22.9 Å². The Morgan fingerprint density at radius 3 is 2.83 bits per heavy atom. The van der Waals surface area contributed by atoms with Gasteiger partial charge in [0, 0.05) is 18.4 Å². The minimum Gasteiger partial charge on any atom is -0.495 e. The highest BCUT2D eigenvalue weighted by atomic mass is 32.1. The molecule has 1 aliphatic carbocycles. The van der Waals surface area contributed by atoms with Crippen LogP contribution in [0.4, 0.5) is 5.69 Å². The first-order valence-corrected chi connectivity index (χ1v) is 8.58. The third-order valence-corrected chi connectivity index (χ3v) is 4.58. The zero-order valence-corrected chi connectivity index (χ0v) is 14.4. The molecule has 24 heavy (non-hydrogen) atoms. The van der Waals surface area contributed by atoms with Gasteiger partial charge in [0.15, 0.2) is 5.78 Å². The first-order valence-electron chi connectivity index (χ1n) is 7.70. The lowest BCUT2D eigenvalue weighted by atomic mass is 10.1. The lowest BCUT2D eigenvalue weighted by Crippen LogP contribution is -2.08. The van der Waals surface area contributed by atoms with Crippen LogP contribution in [0, 0.1) is 0 Å². The molecule has 0 unspecified atom stereocenters. The van der Waals surface area contributed by atoms with Crippen molar-refractivity contribution < 1.29 is 14.3 Å². The van der Waals surface area contributed by atoms with Gasteiger partial charge in [-0.05, 0) is 43.2 Å². The number of aromatic nitrogens is 1. The highest BCUT2D eigenvalue weighted by Crippen LogP contribution is 2.42. The molecule has 1 saturated carbocycles. The van der Waals surface area contributed by atoms with Crippen molar-refractivity contribution in [1.82, 2.24) is 4.98 Å². The number of ketones is 1. The van der Waals surface area contributed by atoms with Gasteiger partial charge in [-0.1, -0.05) is 0 Å². The Balaban J connectivity index is 1.80. The fourth-order valence-electron chi connectivity index (χ4n) is 2.45. The fourth-order valence-corrected chi connectivity index (χ4v) is 3.21. The number of hydrogen-bond donors (Lipinski definition) is 1. The van der Waals surface area contributed by atoms with Crippen LogP contribution in [0.2, 0.25) is 0 Å². The average molecular weight is 342 g/mol. The summed E-state index contributed by atoms with van der Waals surface area (Å²) in [6.07, 6.45) is 5.74. The third kappa shape index (κ3) is 3.71. The number of ether oxygens (including phenoxy) is 1. The largest absolute Gasteiger partial charge is 0.495 e. The summed E-state index contributed by atoms with van der Waals surface area (Å²) in [6.45, 7) is 1.41. The number of amides is 1. The standard InChI is InChI=1S/C18H18N2O3S/c1-11(21)20-14-9-13(5-7-16(14)23-2)15(22)6-8-17-18(12-3-4-12)19-10-24-17/h5-10,12H,3-4H2,1-2H3,(H,20,21)/b8-6+. The average Bonchev–Trinajstić information content (AvgIpc) is 3.30. The minimum absolute atomic E-state index is 0.126. The molecule has 1 N–H and O–H groups in total. The van der Waals surface area contributed by atoms with Crippen molar-refractivity contribution in [3.63, 3.8) is 0 Å². The summed E-state index contributed by atoms with van der Waals surface area (Å²) in [5, 5.41) is 2.67. The molecule has 1 aromatic heterocycles. The van der Waals surface area contributed by atoms with E-state index in [4.69, 9.17) is 4.74 Å². The van der Waals surface area contributed by atoms with E-state index in [2.05, 4.69) is 10.3 Å². The van der Waals surface area contributed by atoms with Crippen LogP contribution in [0.25, 0.3) is 6.08 Å². The maximum absolute atomic E-state index is 12.4. The number of nitrogens with one attached hydrogen (secondary N) is 1. The van der Waals surface area contributed by atoms with E-state index in [9.17, 15) is 9.59 Å². The molecule has 1 aromatic carbocycles. The lowest BCUT2D eigenvalue weighted by molar-refractivity contribution is -0.114. The van der Waals surface area contributed by atoms with Gasteiger partial charge >= 0.3 is 0 Å². The number of carbonyl (C=O) groups is 2. The number of nitrogens with zero attached hydrogens (tertiary/aromatic N) is 1. The first-order chi connectivity index (χ1) is 11.6. The van der Waals surface area contributed by atoms with Gasteiger partial charge in [0.1, 0.15) is 5.75 Å². The monoisotopic (exact) mass is 342 g/mol. The molecule has 0 spiro atoms. The Morgan fingerprint density at radius 2 is 2.17 bits per heavy atom. The summed E-state index contributed by atoms with van der Waals surface area (Å²) >= 11 is 1.55. The Bertz CT molecular complexity index is 806. The second-order valence-electron chi connectivity index (χ2n) is 5.67. The zero-order chi connectivity index (χ0) is 17.1. The number of allylic oxidation sites excluding steroid dienone is 1. The van der Waals surface area contributed by atoms with Crippen LogP contribution < -0.4 is 10.1 Å². The van der Waals surface area contributed by atoms with Crippen molar-refractivity contribution in [3.8, 4) is 5.75 Å². The molecule has 3 rings (SSSR count). The van der Waals surface area contributed by atoms with Crippen LogP contribution in [0.15, 0.2) is 29.8 Å². The van der Waals surface area contributed by atoms with Crippen molar-refractivity contribution in [1.29, 1.82) is 0 Å². The maximum atomic E-state index is 12.4. The van der Waals surface area contributed by atoms with Crippen LogP contribution in [-0.4, -0.2) is 23.8 Å². The molecule has 0 aliphatic heterocycles. The molecule has 0 atom stereocenters. The van der Waals surface area contributed by atoms with Crippen LogP contribution in [0.3, 0.4) is 0 Å². The van der Waals surface area contributed by atoms with Gasteiger partial charge in [-0.3, -0.25) is 9.59 Å². The van der Waals surface area contributed by atoms with E-state index in [0.717, 1.165) is 10.6 Å². The normalized spacial score (nSPS) is 13.9. The molecule has 124 valence electrons. The molecule has 1 aliphatic rings. The topological polar surface area (TPSA) is 68.3 Å². The SMILES string of the molecule is COc1ccc(C(=O)/C=C/c2scnc2C2CC2)cc1NC(C)=O. The molecule has 0 saturated heterocycles. The van der Waals surface area contributed by atoms with Crippen molar-refractivity contribution >= 4 is 34.8 Å². The van der Waals surface area contributed by atoms with Gasteiger partial charge in [-0.25, -0.2) is 4.98 Å². The number of anilines is 1. The molecule has 1 amide bonds. The molecule has 2 aromatic rings. The lowest BCUT2D eigenvalue weighted by Gasteiger charge is -2.09.